The maximum atomic E-state index is 11.7. The Kier molecular flexibility index (Phi) is 3.22. The van der Waals surface area contributed by atoms with Gasteiger partial charge in [0.05, 0.1) is 19.8 Å². The summed E-state index contributed by atoms with van der Waals surface area (Å²) in [5.74, 6) is 0. The summed E-state index contributed by atoms with van der Waals surface area (Å²) in [6, 6.07) is 1.36. The summed E-state index contributed by atoms with van der Waals surface area (Å²) in [4.78, 5) is 28.6. The largest absolute Gasteiger partial charge is 0.379 e. The highest BCUT2D eigenvalue weighted by atomic mass is 16.5. The number of rotatable bonds is 3. The van der Waals surface area contributed by atoms with E-state index < -0.39 is 0 Å². The molecule has 0 amide bonds. The lowest BCUT2D eigenvalue weighted by atomic mass is 10.3. The fraction of sp³-hybridized carbons (Fsp3) is 0.500. The minimum absolute atomic E-state index is 0.199. The summed E-state index contributed by atoms with van der Waals surface area (Å²) < 4.78 is 6.99. The molecule has 2 aromatic rings. The van der Waals surface area contributed by atoms with E-state index in [4.69, 9.17) is 4.74 Å². The minimum Gasteiger partial charge on any atom is -0.379 e. The molecule has 0 aliphatic carbocycles. The van der Waals surface area contributed by atoms with E-state index >= 15 is 0 Å². The molecular formula is C12H16N4O3. The smallest absolute Gasteiger partial charge is 0.277 e. The molecule has 2 aromatic heterocycles. The summed E-state index contributed by atoms with van der Waals surface area (Å²) in [7, 11) is 0. The first-order valence-corrected chi connectivity index (χ1v) is 6.36. The van der Waals surface area contributed by atoms with Crippen molar-refractivity contribution in [3.05, 3.63) is 32.8 Å². The van der Waals surface area contributed by atoms with Gasteiger partial charge in [-0.2, -0.15) is 0 Å². The van der Waals surface area contributed by atoms with E-state index in [-0.39, 0.29) is 16.4 Å². The maximum absolute atomic E-state index is 11.7. The second-order valence-electron chi connectivity index (χ2n) is 4.61. The van der Waals surface area contributed by atoms with Gasteiger partial charge >= 0.3 is 0 Å². The normalized spacial score (nSPS) is 17.1. The first kappa shape index (κ1) is 12.2. The van der Waals surface area contributed by atoms with Gasteiger partial charge in [0.1, 0.15) is 11.0 Å². The lowest BCUT2D eigenvalue weighted by Gasteiger charge is -2.26. The molecule has 2 N–H and O–H groups in total. The summed E-state index contributed by atoms with van der Waals surface area (Å²) in [6.45, 7) is 4.76. The summed E-state index contributed by atoms with van der Waals surface area (Å²) in [5, 5.41) is 2.90. The van der Waals surface area contributed by atoms with Crippen molar-refractivity contribution in [2.75, 3.05) is 32.8 Å². The number of fused-ring (bicyclic) bond motifs is 1. The van der Waals surface area contributed by atoms with Crippen LogP contribution in [0.4, 0.5) is 0 Å². The molecule has 1 fully saturated rings. The van der Waals surface area contributed by atoms with Gasteiger partial charge in [0.25, 0.3) is 5.56 Å². The van der Waals surface area contributed by atoms with E-state index in [2.05, 4.69) is 15.0 Å². The van der Waals surface area contributed by atoms with Gasteiger partial charge in [-0.05, 0) is 0 Å². The summed E-state index contributed by atoms with van der Waals surface area (Å²) in [6.07, 6.45) is 1.56. The number of nitrogens with one attached hydrogen (secondary N) is 2. The number of nitrogens with zero attached hydrogens (tertiary/aromatic N) is 2. The SMILES string of the molecule is O=c1cc[nH]c2c1c(=O)[nH]n2CCN1CCOCC1. The second kappa shape index (κ2) is 5.02. The van der Waals surface area contributed by atoms with Crippen LogP contribution in [-0.4, -0.2) is 52.5 Å². The van der Waals surface area contributed by atoms with Crippen molar-refractivity contribution in [1.29, 1.82) is 0 Å². The number of morpholine rings is 1. The van der Waals surface area contributed by atoms with Crippen molar-refractivity contribution >= 4 is 11.0 Å². The highest BCUT2D eigenvalue weighted by Crippen LogP contribution is 2.02. The van der Waals surface area contributed by atoms with Crippen molar-refractivity contribution < 1.29 is 4.74 Å². The van der Waals surface area contributed by atoms with E-state index in [0.717, 1.165) is 32.8 Å². The molecule has 0 spiro atoms. The van der Waals surface area contributed by atoms with Crippen molar-refractivity contribution in [1.82, 2.24) is 19.7 Å². The molecule has 0 bridgehead atoms. The van der Waals surface area contributed by atoms with Crippen LogP contribution in [-0.2, 0) is 11.3 Å². The molecule has 1 aliphatic rings. The van der Waals surface area contributed by atoms with Crippen molar-refractivity contribution in [2.45, 2.75) is 6.54 Å². The van der Waals surface area contributed by atoms with Gasteiger partial charge in [0.2, 0.25) is 0 Å². The van der Waals surface area contributed by atoms with Crippen LogP contribution in [0.3, 0.4) is 0 Å². The van der Waals surface area contributed by atoms with E-state index in [1.807, 2.05) is 0 Å². The third kappa shape index (κ3) is 2.34. The summed E-state index contributed by atoms with van der Waals surface area (Å²) in [5.41, 5.74) is -0.0234. The van der Waals surface area contributed by atoms with Gasteiger partial charge in [-0.1, -0.05) is 0 Å². The van der Waals surface area contributed by atoms with Crippen LogP contribution in [0.2, 0.25) is 0 Å². The number of pyridine rings is 1. The van der Waals surface area contributed by atoms with Crippen LogP contribution in [0.25, 0.3) is 11.0 Å². The number of aromatic amines is 2. The molecule has 0 unspecified atom stereocenters. The van der Waals surface area contributed by atoms with Crippen molar-refractivity contribution in [3.8, 4) is 0 Å². The summed E-state index contributed by atoms with van der Waals surface area (Å²) >= 11 is 0. The standard InChI is InChI=1S/C12H16N4O3/c17-9-1-2-13-11-10(9)12(18)14-16(11)4-3-15-5-7-19-8-6-15/h1-2H,3-8H2,(H,13,17)(H,14,18). The predicted molar refractivity (Wildman–Crippen MR) is 70.4 cm³/mol. The van der Waals surface area contributed by atoms with E-state index in [9.17, 15) is 9.59 Å². The third-order valence-corrected chi connectivity index (χ3v) is 3.41. The average molecular weight is 264 g/mol. The molecule has 0 atom stereocenters. The Morgan fingerprint density at radius 1 is 1.21 bits per heavy atom. The molecular weight excluding hydrogens is 248 g/mol. The topological polar surface area (TPSA) is 83.1 Å². The Labute approximate surface area is 108 Å². The molecule has 102 valence electrons. The third-order valence-electron chi connectivity index (χ3n) is 3.41. The molecule has 0 aromatic carbocycles. The van der Waals surface area contributed by atoms with E-state index in [1.54, 1.807) is 10.9 Å². The monoisotopic (exact) mass is 264 g/mol. The fourth-order valence-electron chi connectivity index (χ4n) is 2.37. The molecule has 3 heterocycles. The van der Waals surface area contributed by atoms with E-state index in [1.165, 1.54) is 6.07 Å². The van der Waals surface area contributed by atoms with Crippen LogP contribution >= 0.6 is 0 Å². The van der Waals surface area contributed by atoms with Gasteiger partial charge in [-0.25, -0.2) is 0 Å². The van der Waals surface area contributed by atoms with Crippen molar-refractivity contribution in [2.24, 2.45) is 0 Å². The Morgan fingerprint density at radius 3 is 2.79 bits per heavy atom. The molecule has 1 aliphatic heterocycles. The lowest BCUT2D eigenvalue weighted by molar-refractivity contribution is 0.0361. The molecule has 19 heavy (non-hydrogen) atoms. The van der Waals surface area contributed by atoms with Crippen LogP contribution in [0.5, 0.6) is 0 Å². The second-order valence-corrected chi connectivity index (χ2v) is 4.61. The first-order valence-electron chi connectivity index (χ1n) is 6.36. The van der Waals surface area contributed by atoms with Crippen LogP contribution in [0, 0.1) is 0 Å². The zero-order chi connectivity index (χ0) is 13.2. The fourth-order valence-corrected chi connectivity index (χ4v) is 2.37. The average Bonchev–Trinajstić information content (AvgIpc) is 2.76. The Morgan fingerprint density at radius 2 is 2.00 bits per heavy atom. The molecule has 0 radical (unpaired) electrons. The Hall–Kier alpha value is -1.86. The van der Waals surface area contributed by atoms with Gasteiger partial charge in [-0.3, -0.25) is 24.3 Å². The maximum Gasteiger partial charge on any atom is 0.277 e. The minimum atomic E-state index is -0.334. The molecule has 7 nitrogen and oxygen atoms in total. The van der Waals surface area contributed by atoms with Crippen molar-refractivity contribution in [3.63, 3.8) is 0 Å². The zero-order valence-corrected chi connectivity index (χ0v) is 10.5. The molecule has 3 rings (SSSR count). The quantitative estimate of drug-likeness (QED) is 0.771. The highest BCUT2D eigenvalue weighted by Gasteiger charge is 2.13. The van der Waals surface area contributed by atoms with Crippen LogP contribution in [0.15, 0.2) is 21.9 Å². The number of H-pyrrole nitrogens is 2. The van der Waals surface area contributed by atoms with Crippen LogP contribution in [0.1, 0.15) is 0 Å². The lowest BCUT2D eigenvalue weighted by Crippen LogP contribution is -2.38. The molecule has 1 saturated heterocycles. The Balaban J connectivity index is 1.83. The van der Waals surface area contributed by atoms with Gasteiger partial charge in [0.15, 0.2) is 5.43 Å². The Bertz CT molecular complexity index is 678. The molecule has 0 saturated carbocycles. The van der Waals surface area contributed by atoms with Gasteiger partial charge < -0.3 is 9.72 Å². The van der Waals surface area contributed by atoms with Crippen LogP contribution < -0.4 is 11.0 Å². The highest BCUT2D eigenvalue weighted by molar-refractivity contribution is 5.73. The number of hydrogen-bond acceptors (Lipinski definition) is 4. The predicted octanol–water partition coefficient (Wildman–Crippen LogP) is -0.650. The van der Waals surface area contributed by atoms with Gasteiger partial charge in [-0.15, -0.1) is 0 Å². The first-order chi connectivity index (χ1) is 9.25. The molecule has 7 heteroatoms. The number of ether oxygens (including phenoxy) is 1. The van der Waals surface area contributed by atoms with E-state index in [0.29, 0.717) is 12.2 Å². The van der Waals surface area contributed by atoms with Gasteiger partial charge in [0, 0.05) is 31.9 Å². The number of hydrogen-bond donors (Lipinski definition) is 2. The number of aromatic nitrogens is 3. The zero-order valence-electron chi connectivity index (χ0n) is 10.5.